The summed E-state index contributed by atoms with van der Waals surface area (Å²) in [5, 5.41) is 9.71. The van der Waals surface area contributed by atoms with Gasteiger partial charge in [0.2, 0.25) is 5.91 Å². The first-order valence-corrected chi connectivity index (χ1v) is 8.52. The standard InChI is InChI=1S/C18H24N2O4/c1-13-6-8-19(9-7-13)12-16(21)20-10-11-24-15-5-3-2-4-14(15)17(20)18(22)23/h2-5,13,17H,6-12H2,1H3,(H,22,23). The molecule has 2 aliphatic heterocycles. The van der Waals surface area contributed by atoms with Gasteiger partial charge in [-0.05, 0) is 37.9 Å². The molecule has 6 nitrogen and oxygen atoms in total. The molecule has 2 aliphatic rings. The van der Waals surface area contributed by atoms with Crippen LogP contribution >= 0.6 is 0 Å². The second-order valence-electron chi connectivity index (χ2n) is 6.67. The van der Waals surface area contributed by atoms with Crippen LogP contribution in [0.25, 0.3) is 0 Å². The number of fused-ring (bicyclic) bond motifs is 1. The number of aliphatic carboxylic acids is 1. The number of ether oxygens (including phenoxy) is 1. The minimum absolute atomic E-state index is 0.141. The second kappa shape index (κ2) is 7.21. The topological polar surface area (TPSA) is 70.1 Å². The van der Waals surface area contributed by atoms with Gasteiger partial charge in [0.1, 0.15) is 12.4 Å². The Kier molecular flexibility index (Phi) is 5.04. The molecule has 1 aromatic rings. The molecule has 3 rings (SSSR count). The maximum absolute atomic E-state index is 12.8. The van der Waals surface area contributed by atoms with Crippen molar-refractivity contribution in [1.82, 2.24) is 9.80 Å². The van der Waals surface area contributed by atoms with Gasteiger partial charge in [0.25, 0.3) is 0 Å². The minimum atomic E-state index is -1.02. The summed E-state index contributed by atoms with van der Waals surface area (Å²) in [7, 11) is 0. The van der Waals surface area contributed by atoms with Crippen molar-refractivity contribution in [2.75, 3.05) is 32.8 Å². The van der Waals surface area contributed by atoms with E-state index >= 15 is 0 Å². The summed E-state index contributed by atoms with van der Waals surface area (Å²) >= 11 is 0. The molecule has 0 bridgehead atoms. The van der Waals surface area contributed by atoms with E-state index in [1.54, 1.807) is 18.2 Å². The highest BCUT2D eigenvalue weighted by Crippen LogP contribution is 2.32. The third-order valence-corrected chi connectivity index (χ3v) is 4.90. The van der Waals surface area contributed by atoms with E-state index in [2.05, 4.69) is 11.8 Å². The number of piperidine rings is 1. The van der Waals surface area contributed by atoms with Crippen LogP contribution in [0.4, 0.5) is 0 Å². The van der Waals surface area contributed by atoms with E-state index in [1.165, 1.54) is 4.90 Å². The number of nitrogens with zero attached hydrogens (tertiary/aromatic N) is 2. The molecular formula is C18H24N2O4. The van der Waals surface area contributed by atoms with Gasteiger partial charge in [-0.3, -0.25) is 9.69 Å². The summed E-state index contributed by atoms with van der Waals surface area (Å²) in [6.45, 7) is 4.89. The molecule has 0 saturated carbocycles. The van der Waals surface area contributed by atoms with E-state index in [9.17, 15) is 14.7 Å². The summed E-state index contributed by atoms with van der Waals surface area (Å²) in [4.78, 5) is 28.2. The molecule has 1 atom stereocenters. The molecule has 0 aliphatic carbocycles. The van der Waals surface area contributed by atoms with Gasteiger partial charge in [0.15, 0.2) is 6.04 Å². The zero-order chi connectivity index (χ0) is 17.1. The van der Waals surface area contributed by atoms with Gasteiger partial charge in [0, 0.05) is 5.56 Å². The third kappa shape index (κ3) is 3.53. The quantitative estimate of drug-likeness (QED) is 0.913. The lowest BCUT2D eigenvalue weighted by Crippen LogP contribution is -2.46. The number of carboxylic acids is 1. The lowest BCUT2D eigenvalue weighted by molar-refractivity contribution is -0.151. The Morgan fingerprint density at radius 3 is 2.62 bits per heavy atom. The van der Waals surface area contributed by atoms with Crippen LogP contribution in [0.5, 0.6) is 5.75 Å². The number of benzene rings is 1. The largest absolute Gasteiger partial charge is 0.491 e. The predicted molar refractivity (Wildman–Crippen MR) is 88.9 cm³/mol. The number of likely N-dealkylation sites (tertiary alicyclic amines) is 1. The highest BCUT2D eigenvalue weighted by Gasteiger charge is 2.35. The fraction of sp³-hybridized carbons (Fsp3) is 0.556. The number of carbonyl (C=O) groups is 2. The molecule has 1 N–H and O–H groups in total. The molecule has 1 saturated heterocycles. The average molecular weight is 332 g/mol. The SMILES string of the molecule is CC1CCN(CC(=O)N2CCOc3ccccc3C2C(=O)O)CC1. The number of hydrogen-bond donors (Lipinski definition) is 1. The van der Waals surface area contributed by atoms with Crippen LogP contribution in [0.2, 0.25) is 0 Å². The molecule has 1 unspecified atom stereocenters. The van der Waals surface area contributed by atoms with Crippen molar-refractivity contribution in [2.24, 2.45) is 5.92 Å². The normalized spacial score (nSPS) is 22.4. The second-order valence-corrected chi connectivity index (χ2v) is 6.67. The number of carboxylic acid groups (broad SMARTS) is 1. The smallest absolute Gasteiger partial charge is 0.331 e. The first kappa shape index (κ1) is 16.8. The average Bonchev–Trinajstić information content (AvgIpc) is 2.76. The molecular weight excluding hydrogens is 308 g/mol. The van der Waals surface area contributed by atoms with Crippen LogP contribution in [0, 0.1) is 5.92 Å². The first-order chi connectivity index (χ1) is 11.6. The van der Waals surface area contributed by atoms with Crippen LogP contribution in [0.15, 0.2) is 24.3 Å². The molecule has 0 spiro atoms. The van der Waals surface area contributed by atoms with E-state index in [4.69, 9.17) is 4.74 Å². The minimum Gasteiger partial charge on any atom is -0.491 e. The first-order valence-electron chi connectivity index (χ1n) is 8.52. The van der Waals surface area contributed by atoms with Gasteiger partial charge in [-0.2, -0.15) is 0 Å². The Labute approximate surface area is 142 Å². The van der Waals surface area contributed by atoms with Gasteiger partial charge >= 0.3 is 5.97 Å². The maximum atomic E-state index is 12.8. The molecule has 1 amide bonds. The van der Waals surface area contributed by atoms with Crippen LogP contribution in [0.3, 0.4) is 0 Å². The molecule has 1 fully saturated rings. The molecule has 6 heteroatoms. The molecule has 1 aromatic carbocycles. The van der Waals surface area contributed by atoms with Crippen LogP contribution < -0.4 is 4.74 Å². The highest BCUT2D eigenvalue weighted by atomic mass is 16.5. The van der Waals surface area contributed by atoms with E-state index in [-0.39, 0.29) is 19.0 Å². The Bertz CT molecular complexity index is 611. The van der Waals surface area contributed by atoms with Crippen molar-refractivity contribution in [1.29, 1.82) is 0 Å². The van der Waals surface area contributed by atoms with Crippen LogP contribution in [-0.2, 0) is 9.59 Å². The molecule has 130 valence electrons. The van der Waals surface area contributed by atoms with Gasteiger partial charge in [-0.25, -0.2) is 4.79 Å². The zero-order valence-electron chi connectivity index (χ0n) is 14.0. The fourth-order valence-electron chi connectivity index (χ4n) is 3.43. The van der Waals surface area contributed by atoms with E-state index in [0.29, 0.717) is 23.8 Å². The van der Waals surface area contributed by atoms with Crippen molar-refractivity contribution in [3.05, 3.63) is 29.8 Å². The predicted octanol–water partition coefficient (Wildman–Crippen LogP) is 1.77. The van der Waals surface area contributed by atoms with Crippen molar-refractivity contribution in [2.45, 2.75) is 25.8 Å². The summed E-state index contributed by atoms with van der Waals surface area (Å²) in [5.74, 6) is 0.0828. The number of rotatable bonds is 3. The Balaban J connectivity index is 1.78. The number of carbonyl (C=O) groups excluding carboxylic acids is 1. The third-order valence-electron chi connectivity index (χ3n) is 4.90. The number of para-hydroxylation sites is 1. The summed E-state index contributed by atoms with van der Waals surface area (Å²) in [5.41, 5.74) is 0.545. The number of amides is 1. The summed E-state index contributed by atoms with van der Waals surface area (Å²) in [6.07, 6.45) is 2.17. The maximum Gasteiger partial charge on any atom is 0.331 e. The lowest BCUT2D eigenvalue weighted by Gasteiger charge is -2.33. The van der Waals surface area contributed by atoms with Gasteiger partial charge < -0.3 is 14.7 Å². The Morgan fingerprint density at radius 2 is 1.92 bits per heavy atom. The Hall–Kier alpha value is -2.08. The monoisotopic (exact) mass is 332 g/mol. The van der Waals surface area contributed by atoms with E-state index in [1.807, 2.05) is 6.07 Å². The van der Waals surface area contributed by atoms with Gasteiger partial charge in [-0.15, -0.1) is 0 Å². The lowest BCUT2D eigenvalue weighted by atomic mass is 9.99. The van der Waals surface area contributed by atoms with E-state index < -0.39 is 12.0 Å². The van der Waals surface area contributed by atoms with E-state index in [0.717, 1.165) is 25.9 Å². The number of hydrogen-bond acceptors (Lipinski definition) is 4. The van der Waals surface area contributed by atoms with Crippen molar-refractivity contribution >= 4 is 11.9 Å². The van der Waals surface area contributed by atoms with Crippen LogP contribution in [-0.4, -0.2) is 59.6 Å². The molecule has 0 aromatic heterocycles. The Morgan fingerprint density at radius 1 is 1.21 bits per heavy atom. The summed E-state index contributed by atoms with van der Waals surface area (Å²) < 4.78 is 5.64. The van der Waals surface area contributed by atoms with Gasteiger partial charge in [-0.1, -0.05) is 25.1 Å². The van der Waals surface area contributed by atoms with Gasteiger partial charge in [0.05, 0.1) is 13.1 Å². The van der Waals surface area contributed by atoms with Crippen molar-refractivity contribution in [3.8, 4) is 5.75 Å². The molecule has 0 radical (unpaired) electrons. The van der Waals surface area contributed by atoms with Crippen molar-refractivity contribution in [3.63, 3.8) is 0 Å². The molecule has 2 heterocycles. The molecule has 24 heavy (non-hydrogen) atoms. The zero-order valence-corrected chi connectivity index (χ0v) is 14.0. The van der Waals surface area contributed by atoms with Crippen molar-refractivity contribution < 1.29 is 19.4 Å². The highest BCUT2D eigenvalue weighted by molar-refractivity contribution is 5.86. The summed E-state index contributed by atoms with van der Waals surface area (Å²) in [6, 6.07) is 6.08. The fourth-order valence-corrected chi connectivity index (χ4v) is 3.43. The van der Waals surface area contributed by atoms with Crippen LogP contribution in [0.1, 0.15) is 31.4 Å².